The zero-order valence-corrected chi connectivity index (χ0v) is 13.9. The highest BCUT2D eigenvalue weighted by atomic mass is 16.6. The van der Waals surface area contributed by atoms with Crippen molar-refractivity contribution in [2.75, 3.05) is 20.2 Å². The average molecular weight is 308 g/mol. The van der Waals surface area contributed by atoms with E-state index in [9.17, 15) is 4.79 Å². The third-order valence-electron chi connectivity index (χ3n) is 3.21. The largest absolute Gasteiger partial charge is 0.488 e. The normalized spacial score (nSPS) is 18.2. The Morgan fingerprint density at radius 1 is 1.36 bits per heavy atom. The molecule has 1 fully saturated rings. The highest BCUT2D eigenvalue weighted by Gasteiger charge is 2.30. The van der Waals surface area contributed by atoms with Gasteiger partial charge in [-0.15, -0.1) is 0 Å². The van der Waals surface area contributed by atoms with Crippen molar-refractivity contribution in [2.24, 2.45) is 0 Å². The van der Waals surface area contributed by atoms with Gasteiger partial charge >= 0.3 is 6.09 Å². The monoisotopic (exact) mass is 308 g/mol. The van der Waals surface area contributed by atoms with E-state index in [4.69, 9.17) is 14.2 Å². The van der Waals surface area contributed by atoms with E-state index in [1.54, 1.807) is 18.1 Å². The first kappa shape index (κ1) is 16.4. The van der Waals surface area contributed by atoms with Gasteiger partial charge < -0.3 is 19.1 Å². The van der Waals surface area contributed by atoms with Gasteiger partial charge in [-0.2, -0.15) is 0 Å². The second-order valence-electron chi connectivity index (χ2n) is 6.44. The lowest BCUT2D eigenvalue weighted by Gasteiger charge is -2.24. The maximum atomic E-state index is 12.0. The lowest BCUT2D eigenvalue weighted by Crippen LogP contribution is -2.36. The molecule has 1 aliphatic heterocycles. The summed E-state index contributed by atoms with van der Waals surface area (Å²) >= 11 is 0. The molecule has 1 aromatic rings. The van der Waals surface area contributed by atoms with Crippen LogP contribution in [0.25, 0.3) is 0 Å². The Morgan fingerprint density at radius 3 is 2.73 bits per heavy atom. The van der Waals surface area contributed by atoms with Gasteiger partial charge in [-0.1, -0.05) is 0 Å². The summed E-state index contributed by atoms with van der Waals surface area (Å²) < 4.78 is 16.5. The Hall–Kier alpha value is -1.98. The van der Waals surface area contributed by atoms with Gasteiger partial charge in [-0.3, -0.25) is 0 Å². The van der Waals surface area contributed by atoms with Crippen molar-refractivity contribution >= 4 is 6.09 Å². The van der Waals surface area contributed by atoms with Crippen LogP contribution in [0.5, 0.6) is 11.6 Å². The van der Waals surface area contributed by atoms with E-state index in [-0.39, 0.29) is 12.2 Å². The van der Waals surface area contributed by atoms with Gasteiger partial charge in [-0.05, 0) is 27.7 Å². The van der Waals surface area contributed by atoms with Crippen LogP contribution in [0.4, 0.5) is 4.79 Å². The standard InChI is InChI=1S/C16H24N2O4/c1-11-8-13(9-14(17-11)20-5)21-12-6-7-18(10-12)15(19)22-16(2,3)4/h8-9,12H,6-7,10H2,1-5H3/t12-/m0/s1. The zero-order chi connectivity index (χ0) is 16.3. The molecule has 0 radical (unpaired) electrons. The predicted octanol–water partition coefficient (Wildman–Crippen LogP) is 2.79. The number of rotatable bonds is 3. The van der Waals surface area contributed by atoms with Gasteiger partial charge in [-0.25, -0.2) is 9.78 Å². The number of nitrogens with zero attached hydrogens (tertiary/aromatic N) is 2. The van der Waals surface area contributed by atoms with E-state index in [1.165, 1.54) is 0 Å². The van der Waals surface area contributed by atoms with Gasteiger partial charge in [0, 0.05) is 30.8 Å². The van der Waals surface area contributed by atoms with Crippen LogP contribution in [0, 0.1) is 6.92 Å². The van der Waals surface area contributed by atoms with Crippen molar-refractivity contribution in [2.45, 2.75) is 45.8 Å². The summed E-state index contributed by atoms with van der Waals surface area (Å²) in [6, 6.07) is 3.61. The molecule has 0 spiro atoms. The van der Waals surface area contributed by atoms with Gasteiger partial charge in [0.05, 0.1) is 13.7 Å². The molecule has 1 aromatic heterocycles. The Kier molecular flexibility index (Phi) is 4.78. The molecule has 22 heavy (non-hydrogen) atoms. The van der Waals surface area contributed by atoms with Crippen molar-refractivity contribution in [3.05, 3.63) is 17.8 Å². The number of pyridine rings is 1. The lowest BCUT2D eigenvalue weighted by atomic mass is 10.2. The third kappa shape index (κ3) is 4.51. The number of carbonyl (C=O) groups excluding carboxylic acids is 1. The molecule has 122 valence electrons. The van der Waals surface area contributed by atoms with E-state index in [1.807, 2.05) is 33.8 Å². The molecular weight excluding hydrogens is 284 g/mol. The Labute approximate surface area is 131 Å². The number of methoxy groups -OCH3 is 1. The molecule has 1 saturated heterocycles. The Balaban J connectivity index is 1.94. The van der Waals surface area contributed by atoms with Crippen molar-refractivity contribution in [3.63, 3.8) is 0 Å². The molecule has 0 aromatic carbocycles. The topological polar surface area (TPSA) is 60.9 Å². The quantitative estimate of drug-likeness (QED) is 0.859. The molecule has 2 rings (SSSR count). The fraction of sp³-hybridized carbons (Fsp3) is 0.625. The summed E-state index contributed by atoms with van der Waals surface area (Å²) in [6.45, 7) is 8.64. The fourth-order valence-corrected chi connectivity index (χ4v) is 2.29. The van der Waals surface area contributed by atoms with Gasteiger partial charge in [0.1, 0.15) is 17.5 Å². The van der Waals surface area contributed by atoms with Crippen molar-refractivity contribution in [1.82, 2.24) is 9.88 Å². The number of amides is 1. The maximum Gasteiger partial charge on any atom is 0.410 e. The summed E-state index contributed by atoms with van der Waals surface area (Å²) in [4.78, 5) is 17.9. The first-order valence-electron chi connectivity index (χ1n) is 7.44. The Morgan fingerprint density at radius 2 is 2.09 bits per heavy atom. The number of hydrogen-bond donors (Lipinski definition) is 0. The second-order valence-corrected chi connectivity index (χ2v) is 6.44. The summed E-state index contributed by atoms with van der Waals surface area (Å²) in [5, 5.41) is 0. The number of aryl methyl sites for hydroxylation is 1. The zero-order valence-electron chi connectivity index (χ0n) is 13.9. The van der Waals surface area contributed by atoms with E-state index >= 15 is 0 Å². The van der Waals surface area contributed by atoms with Crippen LogP contribution in [0.2, 0.25) is 0 Å². The fourth-order valence-electron chi connectivity index (χ4n) is 2.29. The predicted molar refractivity (Wildman–Crippen MR) is 82.4 cm³/mol. The summed E-state index contributed by atoms with van der Waals surface area (Å²) in [5.74, 6) is 1.23. The van der Waals surface area contributed by atoms with Crippen LogP contribution in [0.15, 0.2) is 12.1 Å². The van der Waals surface area contributed by atoms with Crippen LogP contribution in [0.3, 0.4) is 0 Å². The van der Waals surface area contributed by atoms with Crippen LogP contribution in [-0.2, 0) is 4.74 Å². The number of aromatic nitrogens is 1. The molecular formula is C16H24N2O4. The number of carbonyl (C=O) groups is 1. The molecule has 1 atom stereocenters. The minimum Gasteiger partial charge on any atom is -0.488 e. The van der Waals surface area contributed by atoms with E-state index in [0.717, 1.165) is 12.1 Å². The van der Waals surface area contributed by atoms with Crippen LogP contribution < -0.4 is 9.47 Å². The molecule has 1 amide bonds. The average Bonchev–Trinajstić information content (AvgIpc) is 2.84. The molecule has 6 heteroatoms. The molecule has 0 aliphatic carbocycles. The van der Waals surface area contributed by atoms with Crippen LogP contribution in [-0.4, -0.2) is 47.9 Å². The smallest absolute Gasteiger partial charge is 0.410 e. The molecule has 1 aliphatic rings. The molecule has 0 unspecified atom stereocenters. The van der Waals surface area contributed by atoms with Gasteiger partial charge in [0.15, 0.2) is 0 Å². The van der Waals surface area contributed by atoms with Gasteiger partial charge in [0.25, 0.3) is 0 Å². The molecule has 6 nitrogen and oxygen atoms in total. The molecule has 0 N–H and O–H groups in total. The lowest BCUT2D eigenvalue weighted by molar-refractivity contribution is 0.0275. The SMILES string of the molecule is COc1cc(O[C@H]2CCN(C(=O)OC(C)(C)C)C2)cc(C)n1. The number of hydrogen-bond acceptors (Lipinski definition) is 5. The highest BCUT2D eigenvalue weighted by Crippen LogP contribution is 2.23. The molecule has 2 heterocycles. The number of likely N-dealkylation sites (tertiary alicyclic amines) is 1. The first-order valence-corrected chi connectivity index (χ1v) is 7.44. The summed E-state index contributed by atoms with van der Waals surface area (Å²) in [6.07, 6.45) is 0.448. The molecule has 0 bridgehead atoms. The van der Waals surface area contributed by atoms with Crippen molar-refractivity contribution in [1.29, 1.82) is 0 Å². The second kappa shape index (κ2) is 6.42. The molecule has 0 saturated carbocycles. The van der Waals surface area contributed by atoms with E-state index in [2.05, 4.69) is 4.98 Å². The Bertz CT molecular complexity index is 539. The van der Waals surface area contributed by atoms with Crippen molar-refractivity contribution < 1.29 is 19.0 Å². The van der Waals surface area contributed by atoms with Crippen LogP contribution >= 0.6 is 0 Å². The van der Waals surface area contributed by atoms with E-state index in [0.29, 0.717) is 24.7 Å². The minimum atomic E-state index is -0.481. The summed E-state index contributed by atoms with van der Waals surface area (Å²) in [5.41, 5.74) is 0.349. The van der Waals surface area contributed by atoms with Crippen molar-refractivity contribution in [3.8, 4) is 11.6 Å². The minimum absolute atomic E-state index is 0.0426. The van der Waals surface area contributed by atoms with E-state index < -0.39 is 5.60 Å². The first-order chi connectivity index (χ1) is 10.3. The third-order valence-corrected chi connectivity index (χ3v) is 3.21. The van der Waals surface area contributed by atoms with Gasteiger partial charge in [0.2, 0.25) is 5.88 Å². The number of ether oxygens (including phenoxy) is 3. The maximum absolute atomic E-state index is 12.0. The summed E-state index contributed by atoms with van der Waals surface area (Å²) in [7, 11) is 1.57. The van der Waals surface area contributed by atoms with Crippen LogP contribution in [0.1, 0.15) is 32.9 Å². The highest BCUT2D eigenvalue weighted by molar-refractivity contribution is 5.68.